The number of carbonyl (C=O) groups is 2. The van der Waals surface area contributed by atoms with Crippen molar-refractivity contribution in [3.63, 3.8) is 0 Å². The molecule has 1 heterocycles. The molecule has 138 valence electrons. The maximum absolute atomic E-state index is 12.0. The van der Waals surface area contributed by atoms with Gasteiger partial charge in [-0.25, -0.2) is 22.9 Å². The van der Waals surface area contributed by atoms with Crippen LogP contribution in [0.1, 0.15) is 15.9 Å². The Morgan fingerprint density at radius 3 is 2.65 bits per heavy atom. The number of ether oxygens (including phenoxy) is 1. The van der Waals surface area contributed by atoms with Crippen LogP contribution in [-0.2, 0) is 19.6 Å². The third-order valence-electron chi connectivity index (χ3n) is 3.34. The highest BCUT2D eigenvalue weighted by Gasteiger charge is 2.17. The van der Waals surface area contributed by atoms with Crippen LogP contribution >= 0.6 is 11.6 Å². The highest BCUT2D eigenvalue weighted by Crippen LogP contribution is 2.20. The molecular weight excluding hydrogens is 382 g/mol. The van der Waals surface area contributed by atoms with E-state index < -0.39 is 28.5 Å². The predicted molar refractivity (Wildman–Crippen MR) is 95.6 cm³/mol. The van der Waals surface area contributed by atoms with Crippen LogP contribution in [0.25, 0.3) is 0 Å². The molecule has 0 spiro atoms. The minimum absolute atomic E-state index is 0.0293. The monoisotopic (exact) mass is 397 g/mol. The zero-order valence-corrected chi connectivity index (χ0v) is 15.5. The number of benzene rings is 1. The van der Waals surface area contributed by atoms with E-state index in [0.29, 0.717) is 5.56 Å². The Kier molecular flexibility index (Phi) is 6.30. The molecule has 1 aromatic carbocycles. The fraction of sp³-hybridized carbons (Fsp3) is 0.188. The number of nitrogens with one attached hydrogen (secondary N) is 2. The Labute approximate surface area is 155 Å². The Bertz CT molecular complexity index is 947. The summed E-state index contributed by atoms with van der Waals surface area (Å²) in [6.45, 7) is 1.07. The molecule has 0 radical (unpaired) electrons. The van der Waals surface area contributed by atoms with Crippen LogP contribution < -0.4 is 10.0 Å². The van der Waals surface area contributed by atoms with Crippen LogP contribution in [0.15, 0.2) is 41.4 Å². The standard InChI is InChI=1S/C16H16ClN3O5S/c1-10-5-6-11(8-13(10)26(23,24)18-2)20-14(21)9-25-16(22)12-4-3-7-19-15(12)17/h3-8,18H,9H2,1-2H3,(H,20,21). The first kappa shape index (κ1) is 19.8. The Morgan fingerprint density at radius 2 is 2.00 bits per heavy atom. The summed E-state index contributed by atoms with van der Waals surface area (Å²) < 4.78 is 31.0. The smallest absolute Gasteiger partial charge is 0.341 e. The molecule has 10 heteroatoms. The molecule has 0 aliphatic heterocycles. The van der Waals surface area contributed by atoms with Gasteiger partial charge in [-0.3, -0.25) is 4.79 Å². The molecule has 0 atom stereocenters. The predicted octanol–water partition coefficient (Wildman–Crippen LogP) is 1.75. The van der Waals surface area contributed by atoms with Crippen molar-refractivity contribution in [1.82, 2.24) is 9.71 Å². The number of anilines is 1. The van der Waals surface area contributed by atoms with E-state index in [1.54, 1.807) is 19.1 Å². The summed E-state index contributed by atoms with van der Waals surface area (Å²) >= 11 is 5.78. The Hall–Kier alpha value is -2.49. The maximum atomic E-state index is 12.0. The van der Waals surface area contributed by atoms with Gasteiger partial charge in [0, 0.05) is 11.9 Å². The Balaban J connectivity index is 2.03. The number of esters is 1. The molecular formula is C16H16ClN3O5S. The van der Waals surface area contributed by atoms with Crippen molar-refractivity contribution in [2.24, 2.45) is 0 Å². The molecule has 0 unspecified atom stereocenters. The third kappa shape index (κ3) is 4.78. The van der Waals surface area contributed by atoms with Crippen LogP contribution in [0.4, 0.5) is 5.69 Å². The van der Waals surface area contributed by atoms with E-state index in [4.69, 9.17) is 16.3 Å². The molecule has 8 nitrogen and oxygen atoms in total. The van der Waals surface area contributed by atoms with Gasteiger partial charge in [0.2, 0.25) is 10.0 Å². The average Bonchev–Trinajstić information content (AvgIpc) is 2.61. The molecule has 1 amide bonds. The van der Waals surface area contributed by atoms with Crippen LogP contribution in [-0.4, -0.2) is 38.9 Å². The lowest BCUT2D eigenvalue weighted by Gasteiger charge is -2.11. The van der Waals surface area contributed by atoms with Gasteiger partial charge in [0.25, 0.3) is 5.91 Å². The van der Waals surface area contributed by atoms with Crippen LogP contribution in [0.3, 0.4) is 0 Å². The number of hydrogen-bond donors (Lipinski definition) is 2. The third-order valence-corrected chi connectivity index (χ3v) is 5.20. The van der Waals surface area contributed by atoms with Crippen molar-refractivity contribution in [2.45, 2.75) is 11.8 Å². The number of aryl methyl sites for hydroxylation is 1. The van der Waals surface area contributed by atoms with Crippen molar-refractivity contribution >= 4 is 39.2 Å². The highest BCUT2D eigenvalue weighted by molar-refractivity contribution is 7.89. The van der Waals surface area contributed by atoms with Crippen LogP contribution in [0.5, 0.6) is 0 Å². The van der Waals surface area contributed by atoms with Crippen molar-refractivity contribution in [1.29, 1.82) is 0 Å². The van der Waals surface area contributed by atoms with Gasteiger partial charge >= 0.3 is 5.97 Å². The van der Waals surface area contributed by atoms with Gasteiger partial charge in [0.15, 0.2) is 6.61 Å². The fourth-order valence-electron chi connectivity index (χ4n) is 2.02. The summed E-state index contributed by atoms with van der Waals surface area (Å²) in [7, 11) is -2.37. The minimum atomic E-state index is -3.66. The average molecular weight is 398 g/mol. The second-order valence-corrected chi connectivity index (χ2v) is 7.37. The van der Waals surface area contributed by atoms with Crippen LogP contribution in [0, 0.1) is 6.92 Å². The molecule has 2 N–H and O–H groups in total. The lowest BCUT2D eigenvalue weighted by molar-refractivity contribution is -0.119. The van der Waals surface area contributed by atoms with E-state index in [9.17, 15) is 18.0 Å². The van der Waals surface area contributed by atoms with Gasteiger partial charge in [-0.2, -0.15) is 0 Å². The molecule has 0 fully saturated rings. The van der Waals surface area contributed by atoms with E-state index in [1.807, 2.05) is 0 Å². The zero-order chi connectivity index (χ0) is 19.3. The molecule has 0 bridgehead atoms. The molecule has 1 aromatic heterocycles. The molecule has 2 rings (SSSR count). The summed E-state index contributed by atoms with van der Waals surface area (Å²) in [5.41, 5.74) is 0.819. The van der Waals surface area contributed by atoms with Crippen LogP contribution in [0.2, 0.25) is 5.15 Å². The topological polar surface area (TPSA) is 114 Å². The maximum Gasteiger partial charge on any atom is 0.341 e. The van der Waals surface area contributed by atoms with Crippen molar-refractivity contribution in [2.75, 3.05) is 19.0 Å². The quantitative estimate of drug-likeness (QED) is 0.567. The van der Waals surface area contributed by atoms with Gasteiger partial charge in [0.1, 0.15) is 5.15 Å². The van der Waals surface area contributed by atoms with Gasteiger partial charge in [-0.1, -0.05) is 17.7 Å². The molecule has 0 aliphatic carbocycles. The first-order chi connectivity index (χ1) is 12.2. The second-order valence-electron chi connectivity index (χ2n) is 5.15. The number of hydrogen-bond acceptors (Lipinski definition) is 6. The van der Waals surface area contributed by atoms with E-state index in [0.717, 1.165) is 0 Å². The number of sulfonamides is 1. The molecule has 26 heavy (non-hydrogen) atoms. The normalized spacial score (nSPS) is 11.0. The van der Waals surface area contributed by atoms with Crippen molar-refractivity contribution in [3.05, 3.63) is 52.8 Å². The Morgan fingerprint density at radius 1 is 1.27 bits per heavy atom. The van der Waals surface area contributed by atoms with Gasteiger partial charge < -0.3 is 10.1 Å². The summed E-state index contributed by atoms with van der Waals surface area (Å²) in [6.07, 6.45) is 1.42. The minimum Gasteiger partial charge on any atom is -0.452 e. The lowest BCUT2D eigenvalue weighted by atomic mass is 10.2. The number of amides is 1. The number of rotatable bonds is 6. The van der Waals surface area contributed by atoms with Gasteiger partial charge in [-0.05, 0) is 43.8 Å². The number of nitrogens with zero attached hydrogens (tertiary/aromatic N) is 1. The molecule has 2 aromatic rings. The fourth-order valence-corrected chi connectivity index (χ4v) is 3.21. The van der Waals surface area contributed by atoms with Gasteiger partial charge in [0.05, 0.1) is 10.5 Å². The molecule has 0 saturated heterocycles. The first-order valence-electron chi connectivity index (χ1n) is 7.36. The molecule has 0 aliphatic rings. The summed E-state index contributed by atoms with van der Waals surface area (Å²) in [5, 5.41) is 2.44. The van der Waals surface area contributed by atoms with Crippen molar-refractivity contribution in [3.8, 4) is 0 Å². The zero-order valence-electron chi connectivity index (χ0n) is 13.9. The number of pyridine rings is 1. The van der Waals surface area contributed by atoms with E-state index in [1.165, 1.54) is 31.4 Å². The summed E-state index contributed by atoms with van der Waals surface area (Å²) in [4.78, 5) is 27.6. The summed E-state index contributed by atoms with van der Waals surface area (Å²) in [6, 6.07) is 7.35. The molecule has 0 saturated carbocycles. The number of carbonyl (C=O) groups excluding carboxylic acids is 2. The van der Waals surface area contributed by atoms with E-state index >= 15 is 0 Å². The largest absolute Gasteiger partial charge is 0.452 e. The van der Waals surface area contributed by atoms with E-state index in [2.05, 4.69) is 15.0 Å². The van der Waals surface area contributed by atoms with E-state index in [-0.39, 0.29) is 21.3 Å². The highest BCUT2D eigenvalue weighted by atomic mass is 35.5. The first-order valence-corrected chi connectivity index (χ1v) is 9.22. The SMILES string of the molecule is CNS(=O)(=O)c1cc(NC(=O)COC(=O)c2cccnc2Cl)ccc1C. The summed E-state index contributed by atoms with van der Waals surface area (Å²) in [5.74, 6) is -1.42. The number of halogens is 1. The van der Waals surface area contributed by atoms with Gasteiger partial charge in [-0.15, -0.1) is 0 Å². The lowest BCUT2D eigenvalue weighted by Crippen LogP contribution is -2.22. The van der Waals surface area contributed by atoms with Crippen molar-refractivity contribution < 1.29 is 22.7 Å². The number of aromatic nitrogens is 1. The second kappa shape index (κ2) is 8.26.